The number of phenols is 1. The number of benzene rings is 1. The van der Waals surface area contributed by atoms with Crippen molar-refractivity contribution >= 4 is 40.8 Å². The number of nitrogens with one attached hydrogen (secondary N) is 2. The van der Waals surface area contributed by atoms with Crippen LogP contribution in [0.3, 0.4) is 0 Å². The minimum atomic E-state index is -2.75. The highest BCUT2D eigenvalue weighted by molar-refractivity contribution is 6.24. The molecule has 14 nitrogen and oxygen atoms in total. The van der Waals surface area contributed by atoms with Crippen LogP contribution in [-0.4, -0.2) is 97.6 Å². The number of carbonyl (C=O) groups excluding carboxylic acids is 4. The van der Waals surface area contributed by atoms with Crippen LogP contribution in [0.1, 0.15) is 43.2 Å². The number of phenolic OH excluding ortho intramolecular Hbond substituents is 1. The summed E-state index contributed by atoms with van der Waals surface area (Å²) >= 11 is 0. The molecule has 0 saturated heterocycles. The Hall–Kier alpha value is -4.27. The lowest BCUT2D eigenvalue weighted by molar-refractivity contribution is -0.153. The normalized spacial score (nSPS) is 27.4. The number of primary amides is 1. The second kappa shape index (κ2) is 10.8. The van der Waals surface area contributed by atoms with E-state index in [1.54, 1.807) is 6.07 Å². The van der Waals surface area contributed by atoms with Gasteiger partial charge < -0.3 is 41.9 Å². The Kier molecular flexibility index (Phi) is 7.57. The molecule has 1 aromatic carbocycles. The number of hydrogen-bond donors (Lipinski definition) is 8. The highest BCUT2D eigenvalue weighted by Gasteiger charge is 2.64. The molecule has 230 valence electrons. The number of aromatic hydroxyl groups is 1. The second-order valence-electron chi connectivity index (χ2n) is 11.9. The summed E-state index contributed by atoms with van der Waals surface area (Å²) in [5.41, 5.74) is 1.56. The van der Waals surface area contributed by atoms with Crippen molar-refractivity contribution in [1.29, 1.82) is 0 Å². The summed E-state index contributed by atoms with van der Waals surface area (Å²) < 4.78 is 0. The van der Waals surface area contributed by atoms with Crippen molar-refractivity contribution < 1.29 is 49.5 Å². The van der Waals surface area contributed by atoms with Crippen LogP contribution in [0.15, 0.2) is 29.0 Å². The van der Waals surface area contributed by atoms with Crippen molar-refractivity contribution in [2.75, 3.05) is 19.4 Å². The Bertz CT molecular complexity index is 1510. The van der Waals surface area contributed by atoms with Crippen LogP contribution in [0, 0.1) is 11.8 Å². The molecule has 0 aromatic heterocycles. The number of carbonyl (C=O) groups is 5. The third-order valence-electron chi connectivity index (χ3n) is 8.83. The van der Waals surface area contributed by atoms with Crippen LogP contribution >= 0.6 is 0 Å². The number of rotatable bonds is 9. The minimum Gasteiger partial charge on any atom is -0.508 e. The van der Waals surface area contributed by atoms with Gasteiger partial charge in [-0.1, -0.05) is 6.07 Å². The lowest BCUT2D eigenvalue weighted by Crippen LogP contribution is -2.65. The topological polar surface area (TPSA) is 240 Å². The van der Waals surface area contributed by atoms with Crippen LogP contribution in [0.4, 0.5) is 5.69 Å². The van der Waals surface area contributed by atoms with Crippen molar-refractivity contribution in [3.05, 3.63) is 40.2 Å². The van der Waals surface area contributed by atoms with Gasteiger partial charge in [-0.3, -0.25) is 28.9 Å². The molecule has 5 rings (SSSR count). The molecule has 2 fully saturated rings. The van der Waals surface area contributed by atoms with E-state index in [0.29, 0.717) is 5.56 Å². The summed E-state index contributed by atoms with van der Waals surface area (Å²) in [6.45, 7) is 0. The molecule has 0 heterocycles. The van der Waals surface area contributed by atoms with E-state index < -0.39 is 81.7 Å². The number of likely N-dealkylation sites (N-methyl/N-ethyl adjacent to an activating group) is 1. The quantitative estimate of drug-likeness (QED) is 0.137. The molecule has 0 aliphatic heterocycles. The van der Waals surface area contributed by atoms with Crippen molar-refractivity contribution in [2.24, 2.45) is 17.6 Å². The minimum absolute atomic E-state index is 0.00927. The molecule has 43 heavy (non-hydrogen) atoms. The zero-order valence-electron chi connectivity index (χ0n) is 23.6. The van der Waals surface area contributed by atoms with Gasteiger partial charge in [-0.25, -0.2) is 0 Å². The van der Waals surface area contributed by atoms with E-state index in [2.05, 4.69) is 10.6 Å². The monoisotopic (exact) mass is 598 g/mol. The summed E-state index contributed by atoms with van der Waals surface area (Å²) in [5.74, 6) is -9.25. The number of Topliss-reactive ketones (excluding diaryl/α,β-unsaturated/α-hetero) is 2. The number of carboxylic acid groups (broad SMARTS) is 1. The first kappa shape index (κ1) is 30.2. The molecule has 2 amide bonds. The molecule has 4 aliphatic carbocycles. The average Bonchev–Trinajstić information content (AvgIpc) is 3.74. The van der Waals surface area contributed by atoms with Crippen molar-refractivity contribution in [3.63, 3.8) is 0 Å². The number of aliphatic carboxylic acids is 1. The van der Waals surface area contributed by atoms with Crippen molar-refractivity contribution in [3.8, 4) is 5.75 Å². The van der Waals surface area contributed by atoms with Gasteiger partial charge in [0.05, 0.1) is 23.3 Å². The van der Waals surface area contributed by atoms with Gasteiger partial charge in [0.2, 0.25) is 11.7 Å². The number of nitrogens with two attached hydrogens (primary N) is 1. The Morgan fingerprint density at radius 1 is 1.14 bits per heavy atom. The number of ketones is 2. The fourth-order valence-corrected chi connectivity index (χ4v) is 6.63. The smallest absolute Gasteiger partial charge is 0.303 e. The van der Waals surface area contributed by atoms with Crippen LogP contribution in [0.2, 0.25) is 0 Å². The van der Waals surface area contributed by atoms with E-state index in [4.69, 9.17) is 10.8 Å². The van der Waals surface area contributed by atoms with Gasteiger partial charge >= 0.3 is 5.97 Å². The van der Waals surface area contributed by atoms with Crippen LogP contribution in [-0.2, 0) is 30.4 Å². The maximum absolute atomic E-state index is 13.9. The number of aliphatic hydroxyl groups is 3. The number of nitrogens with zero attached hydrogens (tertiary/aromatic N) is 1. The predicted octanol–water partition coefficient (Wildman–Crippen LogP) is -0.112. The largest absolute Gasteiger partial charge is 0.508 e. The van der Waals surface area contributed by atoms with Gasteiger partial charge in [0, 0.05) is 24.0 Å². The molecular weight excluding hydrogens is 564 g/mol. The zero-order chi connectivity index (χ0) is 31.5. The Labute approximate surface area is 245 Å². The fraction of sp³-hybridized carbons (Fsp3) is 0.483. The highest BCUT2D eigenvalue weighted by atomic mass is 16.4. The van der Waals surface area contributed by atoms with Gasteiger partial charge in [-0.2, -0.15) is 0 Å². The van der Waals surface area contributed by atoms with Gasteiger partial charge in [0.1, 0.15) is 22.8 Å². The molecule has 5 atom stereocenters. The maximum Gasteiger partial charge on any atom is 0.303 e. The zero-order valence-corrected chi connectivity index (χ0v) is 23.6. The Morgan fingerprint density at radius 3 is 2.40 bits per heavy atom. The molecule has 14 heteroatoms. The van der Waals surface area contributed by atoms with Gasteiger partial charge in [0.15, 0.2) is 11.4 Å². The summed E-state index contributed by atoms with van der Waals surface area (Å²) in [5, 5.41) is 59.9. The number of anilines is 1. The second-order valence-corrected chi connectivity index (χ2v) is 11.9. The Morgan fingerprint density at radius 2 is 1.81 bits per heavy atom. The van der Waals surface area contributed by atoms with Crippen LogP contribution in [0.25, 0.3) is 5.76 Å². The van der Waals surface area contributed by atoms with Crippen molar-refractivity contribution in [2.45, 2.75) is 62.3 Å². The first-order chi connectivity index (χ1) is 20.2. The average molecular weight is 599 g/mol. The molecule has 4 unspecified atom stereocenters. The highest BCUT2D eigenvalue weighted by Crippen LogP contribution is 2.53. The van der Waals surface area contributed by atoms with E-state index >= 15 is 0 Å². The molecule has 4 aliphatic rings. The van der Waals surface area contributed by atoms with E-state index in [1.165, 1.54) is 25.1 Å². The first-order valence-corrected chi connectivity index (χ1v) is 14.0. The predicted molar refractivity (Wildman–Crippen MR) is 150 cm³/mol. The van der Waals surface area contributed by atoms with Crippen LogP contribution < -0.4 is 16.4 Å². The summed E-state index contributed by atoms with van der Waals surface area (Å²) in [6, 6.07) is 1.04. The fourth-order valence-electron chi connectivity index (χ4n) is 6.63. The molecule has 9 N–H and O–H groups in total. The summed E-state index contributed by atoms with van der Waals surface area (Å²) in [4.78, 5) is 64.8. The molecule has 2 saturated carbocycles. The molecule has 1 aromatic rings. The van der Waals surface area contributed by atoms with E-state index in [-0.39, 0.29) is 48.5 Å². The van der Waals surface area contributed by atoms with E-state index in [1.807, 2.05) is 0 Å². The first-order valence-electron chi connectivity index (χ1n) is 14.0. The summed E-state index contributed by atoms with van der Waals surface area (Å²) in [7, 11) is 3.04. The standard InChI is InChI=1S/C29H34N4O10/c1-33(2)21-14-10-12-9-11-3-6-15(32-28(42)16(7-8-17(34)35)31-13-4-5-13)22(36)18(11)23(37)19(12)25(39)29(14,43)26(40)20(24(21)38)27(30)41/h3,6,12-14,16,21,31,36-37,40,43H,4-5,7-10H2,1-2H3,(H2,30,41)(H,32,42)(H,34,35)/t12?,14?,16-,21?,29?/m0/s1. The van der Waals surface area contributed by atoms with Gasteiger partial charge in [-0.15, -0.1) is 0 Å². The summed E-state index contributed by atoms with van der Waals surface area (Å²) in [6.07, 6.45) is 1.52. The van der Waals surface area contributed by atoms with E-state index in [0.717, 1.165) is 12.8 Å². The molecule has 0 bridgehead atoms. The number of carboxylic acids is 1. The number of fused-ring (bicyclic) bond motifs is 3. The third-order valence-corrected chi connectivity index (χ3v) is 8.83. The van der Waals surface area contributed by atoms with Gasteiger partial charge in [0.25, 0.3) is 5.91 Å². The SMILES string of the molecule is CN(C)C1C(=O)C(C(N)=O)=C(O)C2(O)C(=O)C3=C(O)c4c(ccc(NC(=O)[C@H](CCC(=O)O)NC5CC5)c4O)CC3CC12. The lowest BCUT2D eigenvalue weighted by Gasteiger charge is -2.50. The maximum atomic E-state index is 13.9. The van der Waals surface area contributed by atoms with Crippen LogP contribution in [0.5, 0.6) is 5.75 Å². The number of amides is 2. The number of hydrogen-bond acceptors (Lipinski definition) is 11. The van der Waals surface area contributed by atoms with Gasteiger partial charge in [-0.05, 0) is 63.7 Å². The Balaban J connectivity index is 1.53. The molecule has 0 radical (unpaired) electrons. The third kappa shape index (κ3) is 4.94. The lowest BCUT2D eigenvalue weighted by atomic mass is 9.57. The number of aliphatic hydroxyl groups excluding tert-OH is 2. The van der Waals surface area contributed by atoms with Crippen molar-refractivity contribution in [1.82, 2.24) is 10.2 Å². The molecule has 0 spiro atoms. The molecular formula is C29H34N4O10. The van der Waals surface area contributed by atoms with E-state index in [9.17, 15) is 44.4 Å².